The Morgan fingerprint density at radius 1 is 1.25 bits per heavy atom. The van der Waals surface area contributed by atoms with Crippen molar-refractivity contribution in [1.82, 2.24) is 10.2 Å². The normalized spacial score (nSPS) is 35.1. The number of hydrogen-bond donors (Lipinski definition) is 1. The topological polar surface area (TPSA) is 32.3 Å². The van der Waals surface area contributed by atoms with Crippen molar-refractivity contribution in [3.05, 3.63) is 23.3 Å². The summed E-state index contributed by atoms with van der Waals surface area (Å²) in [5.74, 6) is 2.01. The first-order valence-electron chi connectivity index (χ1n) is 11.7. The number of hydrogen-bond acceptors (Lipinski definition) is 2. The lowest BCUT2D eigenvalue weighted by Crippen LogP contribution is -2.56. The SMILES string of the molecule is CCN(CC)CNC(=O)[C@]1(C)CCC[C@@]2(C)[C@H]1CC=C1C=C(C(C)C)CC[C@@H]12. The summed E-state index contributed by atoms with van der Waals surface area (Å²) in [6.07, 6.45) is 12.0. The standard InChI is InChI=1S/C25H42N2O/c1-7-27(8-2)17-26-23(28)25(6)15-9-14-24(5)21-12-10-19(18(3)4)16-20(21)11-13-22(24)25/h11,16,18,21-22H,7-10,12-15,17H2,1-6H3,(H,26,28)/t21-,22+,24+,25+/m0/s1. The van der Waals surface area contributed by atoms with Crippen LogP contribution in [0.25, 0.3) is 0 Å². The highest BCUT2D eigenvalue weighted by Gasteiger charge is 2.56. The number of amides is 1. The number of nitrogens with one attached hydrogen (secondary N) is 1. The third kappa shape index (κ3) is 3.72. The van der Waals surface area contributed by atoms with E-state index in [9.17, 15) is 4.79 Å². The summed E-state index contributed by atoms with van der Waals surface area (Å²) in [7, 11) is 0. The monoisotopic (exact) mass is 386 g/mol. The summed E-state index contributed by atoms with van der Waals surface area (Å²) in [4.78, 5) is 15.7. The molecule has 0 heterocycles. The number of rotatable bonds is 6. The molecule has 1 fully saturated rings. The van der Waals surface area contributed by atoms with Crippen molar-refractivity contribution < 1.29 is 4.79 Å². The van der Waals surface area contributed by atoms with Crippen LogP contribution in [0.4, 0.5) is 0 Å². The van der Waals surface area contributed by atoms with Crippen LogP contribution in [0, 0.1) is 28.6 Å². The summed E-state index contributed by atoms with van der Waals surface area (Å²) in [6, 6.07) is 0. The van der Waals surface area contributed by atoms with E-state index in [-0.39, 0.29) is 16.7 Å². The average Bonchev–Trinajstić information content (AvgIpc) is 2.68. The van der Waals surface area contributed by atoms with E-state index in [4.69, 9.17) is 0 Å². The first-order valence-corrected chi connectivity index (χ1v) is 11.7. The Hall–Kier alpha value is -1.09. The van der Waals surface area contributed by atoms with E-state index in [2.05, 4.69) is 63.9 Å². The predicted octanol–water partition coefficient (Wildman–Crippen LogP) is 5.54. The van der Waals surface area contributed by atoms with Crippen LogP contribution in [0.5, 0.6) is 0 Å². The summed E-state index contributed by atoms with van der Waals surface area (Å²) in [5, 5.41) is 3.29. The Balaban J connectivity index is 1.83. The van der Waals surface area contributed by atoms with E-state index in [1.54, 1.807) is 11.1 Å². The van der Waals surface area contributed by atoms with Gasteiger partial charge in [-0.1, -0.05) is 65.7 Å². The number of allylic oxidation sites excluding steroid dienone is 4. The fourth-order valence-corrected chi connectivity index (χ4v) is 6.45. The lowest BCUT2D eigenvalue weighted by molar-refractivity contribution is -0.144. The molecule has 158 valence electrons. The first kappa shape index (κ1) is 21.6. The molecular formula is C25H42N2O. The summed E-state index contributed by atoms with van der Waals surface area (Å²) in [6.45, 7) is 16.3. The molecule has 0 aromatic heterocycles. The van der Waals surface area contributed by atoms with Crippen molar-refractivity contribution >= 4 is 5.91 Å². The van der Waals surface area contributed by atoms with E-state index >= 15 is 0 Å². The summed E-state index contributed by atoms with van der Waals surface area (Å²) >= 11 is 0. The van der Waals surface area contributed by atoms with Crippen LogP contribution in [0.3, 0.4) is 0 Å². The van der Waals surface area contributed by atoms with Crippen molar-refractivity contribution in [2.45, 2.75) is 80.1 Å². The maximum Gasteiger partial charge on any atom is 0.227 e. The molecule has 3 heteroatoms. The quantitative estimate of drug-likeness (QED) is 0.608. The molecule has 3 nitrogen and oxygen atoms in total. The molecule has 3 rings (SSSR count). The zero-order valence-electron chi connectivity index (χ0n) is 19.1. The van der Waals surface area contributed by atoms with Gasteiger partial charge in [-0.25, -0.2) is 0 Å². The zero-order valence-corrected chi connectivity index (χ0v) is 19.1. The van der Waals surface area contributed by atoms with E-state index in [0.29, 0.717) is 24.4 Å². The van der Waals surface area contributed by atoms with E-state index in [0.717, 1.165) is 25.9 Å². The Labute approximate surface area is 173 Å². The molecule has 0 aromatic rings. The molecule has 0 aromatic carbocycles. The van der Waals surface area contributed by atoms with Gasteiger partial charge < -0.3 is 5.32 Å². The second-order valence-electron chi connectivity index (χ2n) is 10.2. The fraction of sp³-hybridized carbons (Fsp3) is 0.800. The lowest BCUT2D eigenvalue weighted by Gasteiger charge is -2.57. The molecule has 4 atom stereocenters. The van der Waals surface area contributed by atoms with Gasteiger partial charge in [-0.05, 0) is 73.9 Å². The van der Waals surface area contributed by atoms with Crippen LogP contribution >= 0.6 is 0 Å². The van der Waals surface area contributed by atoms with Crippen LogP contribution < -0.4 is 5.32 Å². The molecule has 3 aliphatic carbocycles. The molecule has 0 spiro atoms. The molecular weight excluding hydrogens is 344 g/mol. The minimum atomic E-state index is -0.246. The number of nitrogens with zero attached hydrogens (tertiary/aromatic N) is 1. The maximum atomic E-state index is 13.4. The fourth-order valence-electron chi connectivity index (χ4n) is 6.45. The van der Waals surface area contributed by atoms with E-state index < -0.39 is 0 Å². The Kier molecular flexibility index (Phi) is 6.44. The summed E-state index contributed by atoms with van der Waals surface area (Å²) < 4.78 is 0. The Morgan fingerprint density at radius 2 is 1.96 bits per heavy atom. The van der Waals surface area contributed by atoms with Gasteiger partial charge in [0.05, 0.1) is 12.1 Å². The lowest BCUT2D eigenvalue weighted by atomic mass is 9.46. The third-order valence-electron chi connectivity index (χ3n) is 8.46. The molecule has 1 saturated carbocycles. The van der Waals surface area contributed by atoms with E-state index in [1.165, 1.54) is 25.7 Å². The van der Waals surface area contributed by atoms with Crippen LogP contribution in [0.15, 0.2) is 23.3 Å². The average molecular weight is 387 g/mol. The molecule has 3 aliphatic rings. The molecule has 0 saturated heterocycles. The van der Waals surface area contributed by atoms with Gasteiger partial charge in [0, 0.05) is 0 Å². The molecule has 28 heavy (non-hydrogen) atoms. The molecule has 0 bridgehead atoms. The van der Waals surface area contributed by atoms with Gasteiger partial charge >= 0.3 is 0 Å². The Bertz CT molecular complexity index is 645. The molecule has 0 unspecified atom stereocenters. The number of carbonyl (C=O) groups excluding carboxylic acids is 1. The van der Waals surface area contributed by atoms with Crippen molar-refractivity contribution in [2.75, 3.05) is 19.8 Å². The molecule has 1 N–H and O–H groups in total. The first-order chi connectivity index (χ1) is 13.3. The molecule has 1 amide bonds. The minimum absolute atomic E-state index is 0.246. The van der Waals surface area contributed by atoms with Gasteiger partial charge in [0.15, 0.2) is 0 Å². The van der Waals surface area contributed by atoms with Gasteiger partial charge in [-0.3, -0.25) is 9.69 Å². The Morgan fingerprint density at radius 3 is 2.61 bits per heavy atom. The highest BCUT2D eigenvalue weighted by molar-refractivity contribution is 5.83. The molecule has 0 aliphatic heterocycles. The highest BCUT2D eigenvalue weighted by atomic mass is 16.2. The van der Waals surface area contributed by atoms with Crippen molar-refractivity contribution in [3.8, 4) is 0 Å². The zero-order chi connectivity index (χ0) is 20.5. The van der Waals surface area contributed by atoms with Gasteiger partial charge in [0.2, 0.25) is 5.91 Å². The largest absolute Gasteiger partial charge is 0.343 e. The van der Waals surface area contributed by atoms with Gasteiger partial charge in [-0.15, -0.1) is 0 Å². The van der Waals surface area contributed by atoms with Gasteiger partial charge in [0.25, 0.3) is 0 Å². The van der Waals surface area contributed by atoms with Gasteiger partial charge in [-0.2, -0.15) is 0 Å². The van der Waals surface area contributed by atoms with Crippen molar-refractivity contribution in [1.29, 1.82) is 0 Å². The second kappa shape index (κ2) is 8.34. The van der Waals surface area contributed by atoms with Crippen LogP contribution in [0.2, 0.25) is 0 Å². The minimum Gasteiger partial charge on any atom is -0.343 e. The number of carbonyl (C=O) groups is 1. The van der Waals surface area contributed by atoms with Gasteiger partial charge in [0.1, 0.15) is 0 Å². The number of fused-ring (bicyclic) bond motifs is 3. The summed E-state index contributed by atoms with van der Waals surface area (Å²) in [5.41, 5.74) is 3.19. The van der Waals surface area contributed by atoms with Crippen LogP contribution in [-0.4, -0.2) is 30.6 Å². The highest BCUT2D eigenvalue weighted by Crippen LogP contribution is 2.62. The van der Waals surface area contributed by atoms with Crippen LogP contribution in [0.1, 0.15) is 80.1 Å². The van der Waals surface area contributed by atoms with Crippen molar-refractivity contribution in [3.63, 3.8) is 0 Å². The van der Waals surface area contributed by atoms with Crippen molar-refractivity contribution in [2.24, 2.45) is 28.6 Å². The molecule has 0 radical (unpaired) electrons. The third-order valence-corrected chi connectivity index (χ3v) is 8.46. The second-order valence-corrected chi connectivity index (χ2v) is 10.2. The van der Waals surface area contributed by atoms with E-state index in [1.807, 2.05) is 0 Å². The maximum absolute atomic E-state index is 13.4. The smallest absolute Gasteiger partial charge is 0.227 e. The predicted molar refractivity (Wildman–Crippen MR) is 118 cm³/mol. The van der Waals surface area contributed by atoms with Crippen LogP contribution in [-0.2, 0) is 4.79 Å².